The molecule has 1 aliphatic rings. The average Bonchev–Trinajstić information content (AvgIpc) is 2.94. The van der Waals surface area contributed by atoms with Crippen molar-refractivity contribution in [3.8, 4) is 0 Å². The van der Waals surface area contributed by atoms with Gasteiger partial charge in [0.05, 0.1) is 0 Å². The smallest absolute Gasteiger partial charge is 0.205 e. The molecule has 2 rings (SSSR count). The Morgan fingerprint density at radius 2 is 2.36 bits per heavy atom. The standard InChI is InChI=1S/C9H14BrN3S/c1-6(5-10)13(2)9-11-8(12-14-9)7-3-4-7/h6-7H,3-5H2,1-2H3. The number of halogens is 1. The van der Waals surface area contributed by atoms with Crippen LogP contribution in [0.15, 0.2) is 0 Å². The number of hydrogen-bond donors (Lipinski definition) is 0. The van der Waals surface area contributed by atoms with E-state index >= 15 is 0 Å². The van der Waals surface area contributed by atoms with Crippen LogP contribution in [0.25, 0.3) is 0 Å². The van der Waals surface area contributed by atoms with E-state index in [1.165, 1.54) is 24.4 Å². The van der Waals surface area contributed by atoms with Gasteiger partial charge in [0.25, 0.3) is 0 Å². The zero-order valence-corrected chi connectivity index (χ0v) is 10.8. The minimum absolute atomic E-state index is 0.468. The Hall–Kier alpha value is -0.160. The van der Waals surface area contributed by atoms with Gasteiger partial charge in [0.15, 0.2) is 0 Å². The first-order valence-corrected chi connectivity index (χ1v) is 6.74. The first-order valence-electron chi connectivity index (χ1n) is 4.84. The molecule has 5 heteroatoms. The van der Waals surface area contributed by atoms with E-state index in [4.69, 9.17) is 0 Å². The van der Waals surface area contributed by atoms with E-state index < -0.39 is 0 Å². The van der Waals surface area contributed by atoms with Crippen LogP contribution in [-0.4, -0.2) is 27.8 Å². The molecule has 0 bridgehead atoms. The average molecular weight is 276 g/mol. The minimum Gasteiger partial charge on any atom is -0.346 e. The minimum atomic E-state index is 0.468. The molecule has 0 amide bonds. The van der Waals surface area contributed by atoms with Crippen LogP contribution < -0.4 is 4.90 Å². The lowest BCUT2D eigenvalue weighted by Gasteiger charge is -2.21. The Morgan fingerprint density at radius 3 is 2.93 bits per heavy atom. The summed E-state index contributed by atoms with van der Waals surface area (Å²) in [5.41, 5.74) is 0. The van der Waals surface area contributed by atoms with Crippen molar-refractivity contribution in [2.45, 2.75) is 31.7 Å². The van der Waals surface area contributed by atoms with Gasteiger partial charge in [0, 0.05) is 35.9 Å². The molecular formula is C9H14BrN3S. The highest BCUT2D eigenvalue weighted by atomic mass is 79.9. The maximum absolute atomic E-state index is 4.55. The molecule has 0 aromatic carbocycles. The van der Waals surface area contributed by atoms with Crippen molar-refractivity contribution in [3.63, 3.8) is 0 Å². The molecular weight excluding hydrogens is 262 g/mol. The molecule has 1 atom stereocenters. The second-order valence-corrected chi connectivity index (χ2v) is 5.20. The second-order valence-electron chi connectivity index (χ2n) is 3.82. The fourth-order valence-corrected chi connectivity index (χ4v) is 2.41. The lowest BCUT2D eigenvalue weighted by atomic mass is 10.4. The van der Waals surface area contributed by atoms with E-state index in [0.717, 1.165) is 16.3 Å². The Bertz CT molecular complexity index is 311. The highest BCUT2D eigenvalue weighted by Crippen LogP contribution is 2.39. The van der Waals surface area contributed by atoms with Crippen LogP contribution in [-0.2, 0) is 0 Å². The molecule has 0 aliphatic heterocycles. The van der Waals surface area contributed by atoms with Gasteiger partial charge in [-0.3, -0.25) is 0 Å². The number of alkyl halides is 1. The van der Waals surface area contributed by atoms with Crippen LogP contribution in [0.3, 0.4) is 0 Å². The quantitative estimate of drug-likeness (QED) is 0.792. The fraction of sp³-hybridized carbons (Fsp3) is 0.778. The van der Waals surface area contributed by atoms with E-state index in [-0.39, 0.29) is 0 Å². The largest absolute Gasteiger partial charge is 0.346 e. The predicted molar refractivity (Wildman–Crippen MR) is 63.5 cm³/mol. The highest BCUT2D eigenvalue weighted by molar-refractivity contribution is 9.09. The van der Waals surface area contributed by atoms with Gasteiger partial charge in [-0.2, -0.15) is 4.37 Å². The second kappa shape index (κ2) is 4.14. The van der Waals surface area contributed by atoms with Crippen molar-refractivity contribution >= 4 is 32.6 Å². The molecule has 1 unspecified atom stereocenters. The van der Waals surface area contributed by atoms with Gasteiger partial charge in [-0.15, -0.1) is 0 Å². The first-order chi connectivity index (χ1) is 6.72. The van der Waals surface area contributed by atoms with Crippen molar-refractivity contribution in [3.05, 3.63) is 5.82 Å². The maximum atomic E-state index is 4.55. The Morgan fingerprint density at radius 1 is 1.64 bits per heavy atom. The van der Waals surface area contributed by atoms with Crippen molar-refractivity contribution in [2.24, 2.45) is 0 Å². The van der Waals surface area contributed by atoms with Gasteiger partial charge >= 0.3 is 0 Å². The summed E-state index contributed by atoms with van der Waals surface area (Å²) < 4.78 is 4.39. The van der Waals surface area contributed by atoms with Crippen LogP contribution >= 0.6 is 27.5 Å². The third kappa shape index (κ3) is 2.08. The summed E-state index contributed by atoms with van der Waals surface area (Å²) in [5.74, 6) is 1.71. The Labute approximate surface area is 96.8 Å². The molecule has 1 fully saturated rings. The molecule has 0 N–H and O–H groups in total. The van der Waals surface area contributed by atoms with E-state index in [2.05, 4.69) is 44.2 Å². The van der Waals surface area contributed by atoms with Gasteiger partial charge in [-0.1, -0.05) is 15.9 Å². The number of aromatic nitrogens is 2. The molecule has 1 aromatic heterocycles. The zero-order chi connectivity index (χ0) is 10.1. The summed E-state index contributed by atoms with van der Waals surface area (Å²) in [4.78, 5) is 6.73. The fourth-order valence-electron chi connectivity index (χ4n) is 1.17. The summed E-state index contributed by atoms with van der Waals surface area (Å²) in [7, 11) is 2.07. The Kier molecular flexibility index (Phi) is 3.07. The van der Waals surface area contributed by atoms with Crippen LogP contribution in [0.2, 0.25) is 0 Å². The van der Waals surface area contributed by atoms with Crippen LogP contribution in [0, 0.1) is 0 Å². The van der Waals surface area contributed by atoms with E-state index in [9.17, 15) is 0 Å². The zero-order valence-electron chi connectivity index (χ0n) is 8.40. The first kappa shape index (κ1) is 10.4. The van der Waals surface area contributed by atoms with Crippen LogP contribution in [0.4, 0.5) is 5.13 Å². The monoisotopic (exact) mass is 275 g/mol. The summed E-state index contributed by atoms with van der Waals surface area (Å²) in [6, 6.07) is 0.468. The van der Waals surface area contributed by atoms with Gasteiger partial charge < -0.3 is 4.90 Å². The van der Waals surface area contributed by atoms with Gasteiger partial charge in [-0.25, -0.2) is 4.98 Å². The van der Waals surface area contributed by atoms with E-state index in [1.54, 1.807) is 0 Å². The molecule has 14 heavy (non-hydrogen) atoms. The molecule has 1 saturated carbocycles. The molecule has 1 aromatic rings. The van der Waals surface area contributed by atoms with Gasteiger partial charge in [0.1, 0.15) is 5.82 Å². The van der Waals surface area contributed by atoms with Crippen molar-refractivity contribution in [2.75, 3.05) is 17.3 Å². The van der Waals surface area contributed by atoms with Crippen molar-refractivity contribution in [1.29, 1.82) is 0 Å². The predicted octanol–water partition coefficient (Wildman–Crippen LogP) is 2.64. The maximum Gasteiger partial charge on any atom is 0.205 e. The van der Waals surface area contributed by atoms with E-state index in [1.807, 2.05) is 0 Å². The van der Waals surface area contributed by atoms with Crippen molar-refractivity contribution in [1.82, 2.24) is 9.36 Å². The molecule has 1 aliphatic carbocycles. The van der Waals surface area contributed by atoms with Crippen molar-refractivity contribution < 1.29 is 0 Å². The lowest BCUT2D eigenvalue weighted by molar-refractivity contribution is 0.762. The molecule has 0 radical (unpaired) electrons. The third-order valence-corrected chi connectivity index (χ3v) is 4.32. The van der Waals surface area contributed by atoms with Gasteiger partial charge in [0.2, 0.25) is 5.13 Å². The van der Waals surface area contributed by atoms with Crippen LogP contribution in [0.5, 0.6) is 0 Å². The molecule has 0 spiro atoms. The SMILES string of the molecule is CC(CBr)N(C)c1nc(C2CC2)ns1. The Balaban J connectivity index is 2.07. The van der Waals surface area contributed by atoms with Gasteiger partial charge in [-0.05, 0) is 19.8 Å². The molecule has 1 heterocycles. The lowest BCUT2D eigenvalue weighted by Crippen LogP contribution is -2.29. The topological polar surface area (TPSA) is 29.0 Å². The molecule has 0 saturated heterocycles. The molecule has 3 nitrogen and oxygen atoms in total. The summed E-state index contributed by atoms with van der Waals surface area (Å²) in [5, 5.41) is 2.00. The number of nitrogens with zero attached hydrogens (tertiary/aromatic N) is 3. The number of anilines is 1. The van der Waals surface area contributed by atoms with E-state index in [0.29, 0.717) is 12.0 Å². The summed E-state index contributed by atoms with van der Waals surface area (Å²) in [6.45, 7) is 2.17. The number of hydrogen-bond acceptors (Lipinski definition) is 4. The number of rotatable bonds is 4. The summed E-state index contributed by atoms with van der Waals surface area (Å²) >= 11 is 4.99. The van der Waals surface area contributed by atoms with Crippen LogP contribution in [0.1, 0.15) is 31.5 Å². The molecule has 78 valence electrons. The summed E-state index contributed by atoms with van der Waals surface area (Å²) in [6.07, 6.45) is 2.54. The highest BCUT2D eigenvalue weighted by Gasteiger charge is 2.28. The normalized spacial score (nSPS) is 18.2. The third-order valence-electron chi connectivity index (χ3n) is 2.56.